The zero-order valence-corrected chi connectivity index (χ0v) is 15.8. The van der Waals surface area contributed by atoms with Gasteiger partial charge >= 0.3 is 6.29 Å². The van der Waals surface area contributed by atoms with Gasteiger partial charge in [0.05, 0.1) is 5.02 Å². The topological polar surface area (TPSA) is 35.5 Å². The minimum atomic E-state index is -3.81. The second-order valence-corrected chi connectivity index (χ2v) is 9.24. The van der Waals surface area contributed by atoms with Gasteiger partial charge in [0, 0.05) is 15.9 Å². The van der Waals surface area contributed by atoms with Gasteiger partial charge in [-0.25, -0.2) is 0 Å². The third kappa shape index (κ3) is 2.91. The molecule has 1 aliphatic heterocycles. The molecular weight excluding hydrogens is 393 g/mol. The lowest BCUT2D eigenvalue weighted by Gasteiger charge is -2.22. The Labute approximate surface area is 159 Å². The number of ether oxygens (including phenoxy) is 2. The highest BCUT2D eigenvalue weighted by Gasteiger charge is 2.47. The molecule has 0 radical (unpaired) electrons. The van der Waals surface area contributed by atoms with Crippen LogP contribution in [0.25, 0.3) is 0 Å². The van der Waals surface area contributed by atoms with E-state index in [9.17, 15) is 13.3 Å². The van der Waals surface area contributed by atoms with Gasteiger partial charge in [-0.15, -0.1) is 8.78 Å². The number of halogens is 3. The molecule has 0 spiro atoms. The van der Waals surface area contributed by atoms with Crippen LogP contribution in [0.5, 0.6) is 11.5 Å². The van der Waals surface area contributed by atoms with Crippen molar-refractivity contribution in [3.8, 4) is 11.5 Å². The second-order valence-electron chi connectivity index (χ2n) is 6.13. The number of hydrogen-bond donors (Lipinski definition) is 0. The third-order valence-corrected chi connectivity index (χ3v) is 7.95. The molecular formula is C20H14ClF2O3P. The van der Waals surface area contributed by atoms with E-state index in [0.717, 1.165) is 0 Å². The van der Waals surface area contributed by atoms with Crippen LogP contribution in [0.2, 0.25) is 5.02 Å². The molecule has 138 valence electrons. The van der Waals surface area contributed by atoms with Gasteiger partial charge in [-0.1, -0.05) is 72.3 Å². The molecule has 1 heterocycles. The minimum absolute atomic E-state index is 0.135. The molecule has 3 aromatic rings. The molecule has 0 saturated carbocycles. The summed E-state index contributed by atoms with van der Waals surface area (Å²) < 4.78 is 50.7. The SMILES string of the molecule is Cc1cc(P(=O)(c2ccccc2)c2ccccc2)c(Cl)c2c1OC(F)(F)O2. The fraction of sp³-hybridized carbons (Fsp3) is 0.100. The summed E-state index contributed by atoms with van der Waals surface area (Å²) in [6.07, 6.45) is -3.81. The summed E-state index contributed by atoms with van der Waals surface area (Å²) in [6.45, 7) is 1.59. The number of alkyl halides is 2. The first kappa shape index (κ1) is 18.0. The number of hydrogen-bond acceptors (Lipinski definition) is 3. The Morgan fingerprint density at radius 2 is 1.37 bits per heavy atom. The van der Waals surface area contributed by atoms with Crippen molar-refractivity contribution in [2.75, 3.05) is 0 Å². The van der Waals surface area contributed by atoms with E-state index < -0.39 is 13.4 Å². The van der Waals surface area contributed by atoms with Gasteiger partial charge in [0.15, 0.2) is 18.6 Å². The number of benzene rings is 3. The van der Waals surface area contributed by atoms with Gasteiger partial charge in [-0.3, -0.25) is 0 Å². The van der Waals surface area contributed by atoms with E-state index >= 15 is 0 Å². The first-order valence-electron chi connectivity index (χ1n) is 8.14. The maximum Gasteiger partial charge on any atom is 0.586 e. The summed E-state index contributed by atoms with van der Waals surface area (Å²) in [4.78, 5) is 0. The first-order chi connectivity index (χ1) is 12.8. The fourth-order valence-corrected chi connectivity index (χ4v) is 6.47. The van der Waals surface area contributed by atoms with E-state index in [1.807, 2.05) is 12.1 Å². The number of aryl methyl sites for hydroxylation is 1. The van der Waals surface area contributed by atoms with E-state index in [4.69, 9.17) is 11.6 Å². The zero-order valence-electron chi connectivity index (χ0n) is 14.2. The highest BCUT2D eigenvalue weighted by Crippen LogP contribution is 2.52. The Morgan fingerprint density at radius 3 is 1.89 bits per heavy atom. The molecule has 0 aromatic heterocycles. The predicted octanol–water partition coefficient (Wildman–Crippen LogP) is 4.61. The largest absolute Gasteiger partial charge is 0.586 e. The van der Waals surface area contributed by atoms with E-state index in [0.29, 0.717) is 16.2 Å². The monoisotopic (exact) mass is 406 g/mol. The van der Waals surface area contributed by atoms with E-state index in [-0.39, 0.29) is 21.8 Å². The van der Waals surface area contributed by atoms with Crippen molar-refractivity contribution in [1.29, 1.82) is 0 Å². The smallest absolute Gasteiger partial charge is 0.395 e. The lowest BCUT2D eigenvalue weighted by Crippen LogP contribution is -2.27. The Morgan fingerprint density at radius 1 is 0.889 bits per heavy atom. The molecule has 0 fully saturated rings. The van der Waals surface area contributed by atoms with Crippen LogP contribution >= 0.6 is 18.7 Å². The van der Waals surface area contributed by atoms with Crippen molar-refractivity contribution in [2.45, 2.75) is 13.2 Å². The molecule has 1 aliphatic rings. The molecule has 0 bridgehead atoms. The van der Waals surface area contributed by atoms with Crippen molar-refractivity contribution in [3.05, 3.63) is 77.3 Å². The maximum atomic E-state index is 14.4. The van der Waals surface area contributed by atoms with Gasteiger partial charge in [0.2, 0.25) is 0 Å². The van der Waals surface area contributed by atoms with Crippen LogP contribution in [0.3, 0.4) is 0 Å². The molecule has 0 unspecified atom stereocenters. The minimum Gasteiger partial charge on any atom is -0.395 e. The maximum absolute atomic E-state index is 14.4. The Hall–Kier alpha value is -2.36. The number of rotatable bonds is 3. The summed E-state index contributed by atoms with van der Waals surface area (Å²) in [5.41, 5.74) is 0.369. The van der Waals surface area contributed by atoms with Gasteiger partial charge in [-0.2, -0.15) is 0 Å². The normalized spacial score (nSPS) is 15.0. The molecule has 3 nitrogen and oxygen atoms in total. The summed E-state index contributed by atoms with van der Waals surface area (Å²) in [5, 5.41) is 1.19. The second kappa shape index (κ2) is 6.36. The van der Waals surface area contributed by atoms with Crippen molar-refractivity contribution in [1.82, 2.24) is 0 Å². The van der Waals surface area contributed by atoms with Crippen LogP contribution in [-0.2, 0) is 4.57 Å². The average Bonchev–Trinajstić information content (AvgIpc) is 3.02. The van der Waals surface area contributed by atoms with Gasteiger partial charge < -0.3 is 14.0 Å². The van der Waals surface area contributed by atoms with Gasteiger partial charge in [0.25, 0.3) is 0 Å². The first-order valence-corrected chi connectivity index (χ1v) is 10.2. The highest BCUT2D eigenvalue weighted by molar-refractivity contribution is 7.85. The van der Waals surface area contributed by atoms with Crippen LogP contribution in [0.4, 0.5) is 8.78 Å². The summed E-state index contributed by atoms with van der Waals surface area (Å²) in [7, 11) is -3.43. The van der Waals surface area contributed by atoms with E-state index in [1.165, 1.54) is 6.07 Å². The van der Waals surface area contributed by atoms with E-state index in [2.05, 4.69) is 9.47 Å². The zero-order chi connectivity index (χ0) is 19.2. The van der Waals surface area contributed by atoms with Crippen LogP contribution in [0, 0.1) is 6.92 Å². The molecule has 7 heteroatoms. The highest BCUT2D eigenvalue weighted by atomic mass is 35.5. The summed E-state index contributed by atoms with van der Waals surface area (Å²) in [5.74, 6) is -0.426. The molecule has 0 aliphatic carbocycles. The van der Waals surface area contributed by atoms with Crippen LogP contribution < -0.4 is 25.4 Å². The Bertz CT molecular complexity index is 1010. The lowest BCUT2D eigenvalue weighted by atomic mass is 10.2. The summed E-state index contributed by atoms with van der Waals surface area (Å²) >= 11 is 6.43. The Kier molecular flexibility index (Phi) is 4.25. The van der Waals surface area contributed by atoms with Crippen LogP contribution in [-0.4, -0.2) is 6.29 Å². The third-order valence-electron chi connectivity index (χ3n) is 4.36. The molecule has 0 amide bonds. The average molecular weight is 407 g/mol. The molecule has 0 saturated heterocycles. The molecule has 3 aromatic carbocycles. The molecule has 0 N–H and O–H groups in total. The number of fused-ring (bicyclic) bond motifs is 1. The predicted molar refractivity (Wildman–Crippen MR) is 102 cm³/mol. The van der Waals surface area contributed by atoms with Gasteiger partial charge in [-0.05, 0) is 18.6 Å². The van der Waals surface area contributed by atoms with Crippen molar-refractivity contribution < 1.29 is 22.8 Å². The molecule has 27 heavy (non-hydrogen) atoms. The van der Waals surface area contributed by atoms with Crippen molar-refractivity contribution in [3.63, 3.8) is 0 Å². The fourth-order valence-electron chi connectivity index (χ4n) is 3.14. The van der Waals surface area contributed by atoms with Crippen molar-refractivity contribution >= 4 is 34.7 Å². The summed E-state index contributed by atoms with van der Waals surface area (Å²) in [6, 6.07) is 19.2. The lowest BCUT2D eigenvalue weighted by molar-refractivity contribution is -0.286. The quantitative estimate of drug-likeness (QED) is 0.596. The van der Waals surface area contributed by atoms with E-state index in [1.54, 1.807) is 55.5 Å². The molecule has 4 rings (SSSR count). The van der Waals surface area contributed by atoms with Crippen LogP contribution in [0.1, 0.15) is 5.56 Å². The van der Waals surface area contributed by atoms with Gasteiger partial charge in [0.1, 0.15) is 0 Å². The van der Waals surface area contributed by atoms with Crippen LogP contribution in [0.15, 0.2) is 66.7 Å². The van der Waals surface area contributed by atoms with Crippen molar-refractivity contribution in [2.24, 2.45) is 0 Å². The Balaban J connectivity index is 2.02. The standard InChI is InChI=1S/C20H14ClF2O3P/c1-13-12-16(17(21)19-18(13)25-20(22,23)26-19)27(24,14-8-4-2-5-9-14)15-10-6-3-7-11-15/h2-12H,1H3. The molecule has 0 atom stereocenters.